The second kappa shape index (κ2) is 30.7. The normalized spacial score (nSPS) is 23.7. The van der Waals surface area contributed by atoms with E-state index in [1.165, 1.54) is 52.3 Å². The van der Waals surface area contributed by atoms with Gasteiger partial charge in [0.05, 0.1) is 25.3 Å². The highest BCUT2D eigenvalue weighted by atomic mass is 35.5. The van der Waals surface area contributed by atoms with Crippen LogP contribution < -0.4 is 42.0 Å². The number of allylic oxidation sites excluding steroid dienone is 3. The number of hydrogen-bond donors (Lipinski definition) is 7. The Morgan fingerprint density at radius 1 is 0.966 bits per heavy atom. The number of halogens is 1. The Kier molecular flexibility index (Phi) is 24.1. The molecule has 2 saturated heterocycles. The molecule has 0 unspecified atom stereocenters. The number of methoxy groups -OCH3 is 2. The fourth-order valence-electron chi connectivity index (χ4n) is 10.5. The molecule has 0 spiro atoms. The van der Waals surface area contributed by atoms with Gasteiger partial charge in [-0.3, -0.25) is 43.9 Å². The van der Waals surface area contributed by atoms with Crippen molar-refractivity contribution in [3.05, 3.63) is 88.5 Å². The Balaban J connectivity index is 1.09. The molecular weight excluding hydrogens is 1170 g/mol. The molecule has 8 N–H and O–H groups in total. The Labute approximate surface area is 516 Å². The van der Waals surface area contributed by atoms with Gasteiger partial charge >= 0.3 is 24.2 Å². The van der Waals surface area contributed by atoms with E-state index in [0.717, 1.165) is 20.9 Å². The van der Waals surface area contributed by atoms with Crippen LogP contribution >= 0.6 is 11.6 Å². The molecule has 26 nitrogen and oxygen atoms in total. The lowest BCUT2D eigenvalue weighted by Gasteiger charge is -2.42. The quantitative estimate of drug-likeness (QED) is 0.0258. The molecule has 10 amide bonds. The van der Waals surface area contributed by atoms with Crippen LogP contribution in [-0.4, -0.2) is 170 Å². The average Bonchev–Trinajstić information content (AvgIpc) is 1.82. The predicted octanol–water partition coefficient (Wildman–Crippen LogP) is 4.82. The number of imide groups is 1. The number of nitrogens with one attached hydrogen (secondary N) is 5. The largest absolute Gasteiger partial charge is 0.495 e. The van der Waals surface area contributed by atoms with E-state index in [1.807, 2.05) is 13.0 Å². The number of carbonyl (C=O) groups is 10. The number of rotatable bonds is 23. The van der Waals surface area contributed by atoms with E-state index in [0.29, 0.717) is 48.4 Å². The molecule has 0 aromatic heterocycles. The summed E-state index contributed by atoms with van der Waals surface area (Å²) in [5, 5.41) is 25.3. The monoisotopic (exact) mass is 1250 g/mol. The minimum atomic E-state index is -1.91. The smallest absolute Gasteiger partial charge is 0.410 e. The lowest BCUT2D eigenvalue weighted by Crippen LogP contribution is -2.63. The number of benzene rings is 2. The summed E-state index contributed by atoms with van der Waals surface area (Å²) in [5.41, 5.74) is 4.68. The number of anilines is 2. The molecule has 2 aromatic carbocycles. The van der Waals surface area contributed by atoms with Gasteiger partial charge in [0.1, 0.15) is 59.4 Å². The summed E-state index contributed by atoms with van der Waals surface area (Å²) in [7, 11) is 5.70. The lowest BCUT2D eigenvalue weighted by atomic mass is 9.83. The number of urea groups is 1. The van der Waals surface area contributed by atoms with Crippen LogP contribution in [0.5, 0.6) is 5.75 Å². The molecule has 4 aliphatic rings. The summed E-state index contributed by atoms with van der Waals surface area (Å²) in [6.07, 6.45) is 3.41. The number of aliphatic hydroxyl groups is 1. The summed E-state index contributed by atoms with van der Waals surface area (Å²) < 4.78 is 35.0. The van der Waals surface area contributed by atoms with Gasteiger partial charge in [0.15, 0.2) is 5.72 Å². The van der Waals surface area contributed by atoms with E-state index in [-0.39, 0.29) is 68.1 Å². The molecule has 88 heavy (non-hydrogen) atoms. The topological polar surface area (TPSA) is 346 Å². The summed E-state index contributed by atoms with van der Waals surface area (Å²) in [5.74, 6) is -4.54. The van der Waals surface area contributed by atoms with Crippen LogP contribution in [0.4, 0.5) is 25.8 Å². The number of primary amides is 1. The van der Waals surface area contributed by atoms with Crippen LogP contribution in [0.1, 0.15) is 104 Å². The van der Waals surface area contributed by atoms with Gasteiger partial charge in [0.2, 0.25) is 23.6 Å². The number of nitrogens with two attached hydrogens (primary N) is 1. The zero-order valence-corrected chi connectivity index (χ0v) is 52.1. The first kappa shape index (κ1) is 69.0. The number of epoxide rings is 1. The van der Waals surface area contributed by atoms with Crippen molar-refractivity contribution in [2.75, 3.05) is 51.6 Å². The van der Waals surface area contributed by atoms with Crippen LogP contribution in [-0.2, 0) is 70.3 Å². The Hall–Kier alpha value is -8.07. The standard InChI is InChI=1S/C61H82ClN9O17/c1-34(2)52(67-47(72)19-12-11-13-27-71-48(73)24-25-49(71)74)55(77)66-41(17-15-26-64-57(63)79)54(76)65-40-22-20-38(21-23-40)33-85-59(81)69(7)37(5)56(78)87-46-31-50(75)70(8)42-29-39(30-43(83-9)51(42)62)28-35(3)16-14-18-45(84-10)61(82)32-44(86-58(80)68-61)36(4)53-60(46,6)88-53/h14,16,18,20-25,29-30,34,36-37,41,44-46,52-53,82H,11-13,15,17,19,26-28,31-33H2,1-10H3,(H,65,76)(H,66,77)(H,67,72)(H,68,80)(H3,63,64,79)/t36-,37+,41+,44+,45-,46+,52+,53+,60+,61+/m1/s1. The summed E-state index contributed by atoms with van der Waals surface area (Å²) in [6, 6.07) is 5.55. The SMILES string of the molecule is COc1cc2cc(c1Cl)N(C)C(=O)C[C@H](OC(=O)[C@H](C)N(C)C(=O)OCc1ccc(NC(=O)[C@H](CCCNC(N)=O)NC(=O)[C@@H](NC(=O)CCCCCN3C(=O)C=CC3=O)C(C)C)cc1)[C@]1(C)O[C@H]1[C@H](C)[C@@H]1C[C@@](O)(NC(=O)O1)[C@H](OC)C=CC=C(C)C2. The van der Waals surface area contributed by atoms with Gasteiger partial charge in [0.25, 0.3) is 11.8 Å². The second-order valence-corrected chi connectivity index (χ2v) is 23.4. The van der Waals surface area contributed by atoms with Crippen molar-refractivity contribution < 1.29 is 81.5 Å². The van der Waals surface area contributed by atoms with Gasteiger partial charge < -0.3 is 65.4 Å². The third-order valence-electron chi connectivity index (χ3n) is 16.1. The van der Waals surface area contributed by atoms with Crippen molar-refractivity contribution in [3.63, 3.8) is 0 Å². The van der Waals surface area contributed by atoms with E-state index >= 15 is 0 Å². The van der Waals surface area contributed by atoms with Crippen molar-refractivity contribution in [3.8, 4) is 5.75 Å². The van der Waals surface area contributed by atoms with Crippen LogP contribution in [0.2, 0.25) is 5.02 Å². The molecule has 6 rings (SSSR count). The van der Waals surface area contributed by atoms with E-state index in [4.69, 9.17) is 45.8 Å². The van der Waals surface area contributed by atoms with Crippen molar-refractivity contribution in [2.24, 2.45) is 17.6 Å². The van der Waals surface area contributed by atoms with Crippen molar-refractivity contribution in [1.82, 2.24) is 31.1 Å². The van der Waals surface area contributed by atoms with Gasteiger partial charge in [-0.2, -0.15) is 0 Å². The van der Waals surface area contributed by atoms with Crippen LogP contribution in [0, 0.1) is 11.8 Å². The number of esters is 1. The number of likely N-dealkylation sites (N-methyl/N-ethyl adjacent to an activating group) is 1. The molecule has 0 saturated carbocycles. The Morgan fingerprint density at radius 3 is 2.31 bits per heavy atom. The number of hydrogen-bond acceptors (Lipinski definition) is 17. The zero-order valence-electron chi connectivity index (χ0n) is 51.3. The first-order valence-electron chi connectivity index (χ1n) is 29.1. The number of nitrogens with zero attached hydrogens (tertiary/aromatic N) is 3. The first-order chi connectivity index (χ1) is 41.6. The highest BCUT2D eigenvalue weighted by Crippen LogP contribution is 2.49. The maximum absolute atomic E-state index is 14.4. The molecule has 27 heteroatoms. The van der Waals surface area contributed by atoms with Gasteiger partial charge in [-0.15, -0.1) is 0 Å². The van der Waals surface area contributed by atoms with Crippen molar-refractivity contribution >= 4 is 82.6 Å². The second-order valence-electron chi connectivity index (χ2n) is 23.0. The Morgan fingerprint density at radius 2 is 1.66 bits per heavy atom. The highest BCUT2D eigenvalue weighted by molar-refractivity contribution is 6.35. The first-order valence-corrected chi connectivity index (χ1v) is 29.5. The summed E-state index contributed by atoms with van der Waals surface area (Å²) in [4.78, 5) is 134. The number of alkyl carbamates (subject to hydrolysis) is 1. The van der Waals surface area contributed by atoms with Crippen LogP contribution in [0.25, 0.3) is 0 Å². The third-order valence-corrected chi connectivity index (χ3v) is 16.4. The molecule has 480 valence electrons. The molecule has 4 aliphatic heterocycles. The molecule has 2 fully saturated rings. The van der Waals surface area contributed by atoms with E-state index in [9.17, 15) is 53.1 Å². The molecule has 0 aliphatic carbocycles. The van der Waals surface area contributed by atoms with E-state index < -0.39 is 114 Å². The third kappa shape index (κ3) is 18.0. The van der Waals surface area contributed by atoms with E-state index in [2.05, 4.69) is 26.6 Å². The minimum Gasteiger partial charge on any atom is -0.495 e. The number of carbonyl (C=O) groups excluding carboxylic acids is 10. The number of ether oxygens (including phenoxy) is 6. The maximum atomic E-state index is 14.4. The maximum Gasteiger partial charge on any atom is 0.410 e. The lowest BCUT2D eigenvalue weighted by molar-refractivity contribution is -0.158. The van der Waals surface area contributed by atoms with Crippen LogP contribution in [0.3, 0.4) is 0 Å². The average molecular weight is 1250 g/mol. The van der Waals surface area contributed by atoms with Gasteiger partial charge in [-0.05, 0) is 94.2 Å². The van der Waals surface area contributed by atoms with E-state index in [1.54, 1.807) is 76.2 Å². The molecule has 0 radical (unpaired) electrons. The fourth-order valence-corrected chi connectivity index (χ4v) is 10.8. The number of fused-ring (bicyclic) bond motifs is 5. The van der Waals surface area contributed by atoms with Crippen molar-refractivity contribution in [2.45, 2.75) is 160 Å². The predicted molar refractivity (Wildman–Crippen MR) is 321 cm³/mol. The number of unbranched alkanes of at least 4 members (excludes halogenated alkanes) is 2. The van der Waals surface area contributed by atoms with Gasteiger partial charge in [0, 0.05) is 70.9 Å². The molecule has 10 atom stereocenters. The minimum absolute atomic E-state index is 0.0698. The molecule has 4 heterocycles. The van der Waals surface area contributed by atoms with Crippen LogP contribution in [0.15, 0.2) is 72.4 Å². The number of amides is 10. The van der Waals surface area contributed by atoms with Gasteiger partial charge in [-0.25, -0.2) is 19.2 Å². The van der Waals surface area contributed by atoms with Gasteiger partial charge in [-0.1, -0.05) is 74.7 Å². The highest BCUT2D eigenvalue weighted by Gasteiger charge is 2.64. The molecular formula is C61H82ClN9O17. The summed E-state index contributed by atoms with van der Waals surface area (Å²) >= 11 is 6.83. The summed E-state index contributed by atoms with van der Waals surface area (Å²) in [6.45, 7) is 10.2. The fraction of sp³-hybridized carbons (Fsp3) is 0.541. The Bertz CT molecular complexity index is 3010. The van der Waals surface area contributed by atoms with Crippen molar-refractivity contribution in [1.29, 1.82) is 0 Å². The molecule has 2 aromatic rings. The molecule has 4 bridgehead atoms. The zero-order chi connectivity index (χ0) is 64.8.